The first kappa shape index (κ1) is 24.2. The summed E-state index contributed by atoms with van der Waals surface area (Å²) in [5, 5.41) is 24.4. The van der Waals surface area contributed by atoms with Gasteiger partial charge in [0.25, 0.3) is 0 Å². The number of aliphatic hydroxyl groups is 2. The molecule has 0 spiro atoms. The Kier molecular flexibility index (Phi) is 7.45. The molecule has 0 unspecified atom stereocenters. The molecule has 3 fully saturated rings. The second-order valence-corrected chi connectivity index (χ2v) is 10.8. The van der Waals surface area contributed by atoms with Crippen LogP contribution < -0.4 is 0 Å². The molecule has 4 nitrogen and oxygen atoms in total. The maximum Gasteiger partial charge on any atom is 0.106 e. The van der Waals surface area contributed by atoms with Gasteiger partial charge < -0.3 is 15.1 Å². The molecule has 0 saturated heterocycles. The topological polar surface area (TPSA) is 62.0 Å². The van der Waals surface area contributed by atoms with Crippen molar-refractivity contribution in [3.05, 3.63) is 59.3 Å². The van der Waals surface area contributed by atoms with Crippen LogP contribution in [0.25, 0.3) is 0 Å². The number of hydrogen-bond donors (Lipinski definition) is 2. The summed E-state index contributed by atoms with van der Waals surface area (Å²) in [6.07, 6.45) is 19.4. The molecule has 0 amide bonds. The molecule has 4 rings (SSSR count). The summed E-state index contributed by atoms with van der Waals surface area (Å²) < 4.78 is 0. The molecule has 33 heavy (non-hydrogen) atoms. The molecule has 180 valence electrons. The minimum Gasteiger partial charge on any atom is -0.399 e. The first-order valence-corrected chi connectivity index (χ1v) is 12.8. The minimum absolute atomic E-state index is 0.221. The van der Waals surface area contributed by atoms with E-state index in [-0.39, 0.29) is 5.41 Å². The maximum absolute atomic E-state index is 10.2. The Morgan fingerprint density at radius 1 is 1.33 bits per heavy atom. The summed E-state index contributed by atoms with van der Waals surface area (Å²) >= 11 is 0. The lowest BCUT2D eigenvalue weighted by molar-refractivity contribution is 0.0862. The van der Waals surface area contributed by atoms with E-state index in [0.717, 1.165) is 36.1 Å². The highest BCUT2D eigenvalue weighted by molar-refractivity contribution is 5.98. The number of allylic oxidation sites excluding steroid dienone is 7. The first-order chi connectivity index (χ1) is 15.8. The Hall–Kier alpha value is -1.91. The van der Waals surface area contributed by atoms with Gasteiger partial charge in [0.15, 0.2) is 0 Å². The van der Waals surface area contributed by atoms with Gasteiger partial charge in [0.1, 0.15) is 7.11 Å². The predicted molar refractivity (Wildman–Crippen MR) is 135 cm³/mol. The molecule has 5 atom stereocenters. The van der Waals surface area contributed by atoms with Gasteiger partial charge in [-0.2, -0.15) is 0 Å². The molecule has 0 heterocycles. The summed E-state index contributed by atoms with van der Waals surface area (Å²) in [5.74, 6) is 1.65. The third-order valence-electron chi connectivity index (χ3n) is 8.38. The van der Waals surface area contributed by atoms with E-state index in [2.05, 4.69) is 56.0 Å². The zero-order valence-corrected chi connectivity index (χ0v) is 20.6. The molecule has 4 aliphatic rings. The quantitative estimate of drug-likeness (QED) is 0.282. The Bertz CT molecular complexity index is 904. The van der Waals surface area contributed by atoms with Gasteiger partial charge in [0.2, 0.25) is 0 Å². The van der Waals surface area contributed by atoms with E-state index >= 15 is 0 Å². The van der Waals surface area contributed by atoms with Gasteiger partial charge in [-0.25, -0.2) is 0 Å². The molecule has 0 aliphatic heterocycles. The average molecular weight is 452 g/mol. The maximum atomic E-state index is 10.2. The monoisotopic (exact) mass is 451 g/mol. The normalized spacial score (nSPS) is 36.4. The minimum atomic E-state index is -0.627. The van der Waals surface area contributed by atoms with Crippen molar-refractivity contribution in [1.82, 2.24) is 0 Å². The lowest BCUT2D eigenvalue weighted by atomic mass is 9.62. The second-order valence-electron chi connectivity index (χ2n) is 10.8. The molecule has 0 aromatic carbocycles. The van der Waals surface area contributed by atoms with Gasteiger partial charge in [-0.15, -0.1) is 0 Å². The van der Waals surface area contributed by atoms with Crippen molar-refractivity contribution in [2.45, 2.75) is 83.8 Å². The van der Waals surface area contributed by atoms with Crippen molar-refractivity contribution in [2.24, 2.45) is 28.3 Å². The van der Waals surface area contributed by atoms with E-state index in [1.807, 2.05) is 0 Å². The van der Waals surface area contributed by atoms with Gasteiger partial charge in [-0.3, -0.25) is 0 Å². The number of hydrogen-bond acceptors (Lipinski definition) is 4. The van der Waals surface area contributed by atoms with Crippen LogP contribution in [0.2, 0.25) is 0 Å². The second kappa shape index (κ2) is 10.1. The summed E-state index contributed by atoms with van der Waals surface area (Å²) in [5.41, 5.74) is 6.19. The molecule has 4 heteroatoms. The van der Waals surface area contributed by atoms with Crippen molar-refractivity contribution < 1.29 is 15.1 Å². The number of aliphatic hydroxyl groups excluding tert-OH is 2. The van der Waals surface area contributed by atoms with Crippen molar-refractivity contribution in [1.29, 1.82) is 0 Å². The van der Waals surface area contributed by atoms with Gasteiger partial charge in [0, 0.05) is 12.3 Å². The van der Waals surface area contributed by atoms with Crippen LogP contribution in [0, 0.1) is 23.2 Å². The van der Waals surface area contributed by atoms with E-state index in [9.17, 15) is 10.2 Å². The van der Waals surface area contributed by atoms with E-state index in [0.29, 0.717) is 30.6 Å². The van der Waals surface area contributed by atoms with Crippen LogP contribution in [0.4, 0.5) is 0 Å². The van der Waals surface area contributed by atoms with Crippen molar-refractivity contribution in [3.63, 3.8) is 0 Å². The van der Waals surface area contributed by atoms with Gasteiger partial charge >= 0.3 is 0 Å². The fourth-order valence-electron chi connectivity index (χ4n) is 6.33. The molecular formula is C29H41NO3. The summed E-state index contributed by atoms with van der Waals surface area (Å²) in [4.78, 5) is 5.03. The van der Waals surface area contributed by atoms with Gasteiger partial charge in [-0.05, 0) is 85.8 Å². The highest BCUT2D eigenvalue weighted by Crippen LogP contribution is 2.57. The highest BCUT2D eigenvalue weighted by Gasteiger charge is 2.45. The molecule has 0 aromatic heterocycles. The molecular weight excluding hydrogens is 410 g/mol. The van der Waals surface area contributed by atoms with Crippen LogP contribution >= 0.6 is 0 Å². The lowest BCUT2D eigenvalue weighted by Gasteiger charge is -2.42. The Morgan fingerprint density at radius 3 is 2.85 bits per heavy atom. The van der Waals surface area contributed by atoms with E-state index in [4.69, 9.17) is 4.84 Å². The molecule has 0 radical (unpaired) electrons. The van der Waals surface area contributed by atoms with Crippen LogP contribution in [0.15, 0.2) is 64.4 Å². The third-order valence-corrected chi connectivity index (χ3v) is 8.38. The highest BCUT2D eigenvalue weighted by atomic mass is 16.6. The largest absolute Gasteiger partial charge is 0.399 e. The van der Waals surface area contributed by atoms with E-state index in [1.54, 1.807) is 12.7 Å². The number of nitrogens with zero attached hydrogens (tertiary/aromatic N) is 1. The summed E-state index contributed by atoms with van der Waals surface area (Å²) in [7, 11) is 1.63. The number of oxime groups is 1. The van der Waals surface area contributed by atoms with Crippen LogP contribution in [-0.2, 0) is 4.84 Å². The van der Waals surface area contributed by atoms with Crippen molar-refractivity contribution in [3.8, 4) is 0 Å². The van der Waals surface area contributed by atoms with Gasteiger partial charge in [-0.1, -0.05) is 61.0 Å². The van der Waals surface area contributed by atoms with Crippen LogP contribution in [0.3, 0.4) is 0 Å². The van der Waals surface area contributed by atoms with E-state index in [1.165, 1.54) is 31.3 Å². The number of rotatable bonds is 7. The molecule has 4 aliphatic carbocycles. The summed E-state index contributed by atoms with van der Waals surface area (Å²) in [6.45, 7) is 8.89. The fourth-order valence-corrected chi connectivity index (χ4v) is 6.33. The lowest BCUT2D eigenvalue weighted by Crippen LogP contribution is -2.32. The Labute approximate surface area is 199 Å². The molecule has 0 aromatic rings. The first-order valence-electron chi connectivity index (χ1n) is 12.8. The van der Waals surface area contributed by atoms with Crippen LogP contribution in [-0.4, -0.2) is 35.2 Å². The van der Waals surface area contributed by atoms with Crippen LogP contribution in [0.1, 0.15) is 71.6 Å². The van der Waals surface area contributed by atoms with Crippen molar-refractivity contribution in [2.75, 3.05) is 7.11 Å². The number of fused-ring (bicyclic) bond motifs is 1. The predicted octanol–water partition coefficient (Wildman–Crippen LogP) is 6.04. The summed E-state index contributed by atoms with van der Waals surface area (Å²) in [6, 6.07) is 0. The Morgan fingerprint density at radius 2 is 2.12 bits per heavy atom. The standard InChI is InChI=1S/C29H41NO3/c1-19(7-5-9-27(30-33-4)22-11-12-22)25-14-15-26-21(8-6-16-29(25,26)3)10-13-23-17-24(31)18-28(32)20(23)2/h5,9-10,13-14,19,22,24,26,28,31-32H,2,6-8,11-12,15-18H2,1,3-4H3/b9-5+,21-10+,23-13-,30-27+/t19-,24-,26+,28+,29-/m1/s1. The zero-order chi connectivity index (χ0) is 23.6. The van der Waals surface area contributed by atoms with E-state index < -0.39 is 12.2 Å². The molecule has 0 bridgehead atoms. The third kappa shape index (κ3) is 5.27. The van der Waals surface area contributed by atoms with Crippen LogP contribution in [0.5, 0.6) is 0 Å². The SMILES string of the molecule is C=C1/C(=C\C=C2/CCC[C@]3(C)C([C@H](C)C/C=C/C(=N\OC)C4CC4)=CC[C@@H]23)C[C@@H](O)C[C@@H]1O. The molecule has 3 saturated carbocycles. The fraction of sp³-hybridized carbons (Fsp3) is 0.621. The average Bonchev–Trinajstić information content (AvgIpc) is 3.55. The zero-order valence-electron chi connectivity index (χ0n) is 20.6. The smallest absolute Gasteiger partial charge is 0.106 e. The van der Waals surface area contributed by atoms with Gasteiger partial charge in [0.05, 0.1) is 17.9 Å². The Balaban J connectivity index is 1.44. The van der Waals surface area contributed by atoms with Crippen molar-refractivity contribution >= 4 is 5.71 Å². The molecule has 2 N–H and O–H groups in total.